The highest BCUT2D eigenvalue weighted by atomic mass is 127. The quantitative estimate of drug-likeness (QED) is 0.395. The van der Waals surface area contributed by atoms with E-state index in [2.05, 4.69) is 58.0 Å². The summed E-state index contributed by atoms with van der Waals surface area (Å²) >= 11 is 3.59. The number of hydrogen-bond donors (Lipinski definition) is 1. The maximum absolute atomic E-state index is 4.37. The second kappa shape index (κ2) is 8.80. The second-order valence-corrected chi connectivity index (χ2v) is 6.49. The van der Waals surface area contributed by atoms with Gasteiger partial charge >= 0.3 is 0 Å². The number of halogens is 2. The summed E-state index contributed by atoms with van der Waals surface area (Å²) in [6, 6.07) is 8.23. The molecule has 1 aliphatic rings. The van der Waals surface area contributed by atoms with E-state index in [0.29, 0.717) is 6.54 Å². The van der Waals surface area contributed by atoms with Crippen molar-refractivity contribution >= 4 is 45.9 Å². The zero-order chi connectivity index (χ0) is 16.2. The van der Waals surface area contributed by atoms with Crippen molar-refractivity contribution in [2.75, 3.05) is 14.1 Å². The van der Waals surface area contributed by atoms with E-state index in [1.165, 1.54) is 5.56 Å². The van der Waals surface area contributed by atoms with Crippen LogP contribution in [0.2, 0.25) is 0 Å². The fourth-order valence-electron chi connectivity index (χ4n) is 2.84. The molecule has 24 heavy (non-hydrogen) atoms. The van der Waals surface area contributed by atoms with Crippen molar-refractivity contribution in [1.29, 1.82) is 0 Å². The fourth-order valence-corrected chi connectivity index (χ4v) is 3.25. The van der Waals surface area contributed by atoms with Crippen LogP contribution >= 0.6 is 39.9 Å². The van der Waals surface area contributed by atoms with Gasteiger partial charge in [-0.15, -0.1) is 34.2 Å². The first kappa shape index (κ1) is 19.2. The van der Waals surface area contributed by atoms with Gasteiger partial charge in [0.2, 0.25) is 0 Å². The maximum atomic E-state index is 4.37. The fraction of sp³-hybridized carbons (Fsp3) is 0.438. The van der Waals surface area contributed by atoms with Gasteiger partial charge in [-0.2, -0.15) is 0 Å². The minimum Gasteiger partial charge on any atom is -0.349 e. The molecule has 6 nitrogen and oxygen atoms in total. The molecular formula is C16H22BrIN6. The number of nitrogens with zero attached hydrogens (tertiary/aromatic N) is 5. The number of fused-ring (bicyclic) bond motifs is 1. The van der Waals surface area contributed by atoms with E-state index < -0.39 is 0 Å². The molecule has 0 unspecified atom stereocenters. The molecule has 0 aliphatic carbocycles. The first-order valence-electron chi connectivity index (χ1n) is 7.75. The van der Waals surface area contributed by atoms with Crippen LogP contribution in [-0.2, 0) is 26.1 Å². The van der Waals surface area contributed by atoms with Crippen molar-refractivity contribution in [3.63, 3.8) is 0 Å². The van der Waals surface area contributed by atoms with Gasteiger partial charge in [0.1, 0.15) is 5.82 Å². The molecule has 130 valence electrons. The number of aromatic nitrogens is 3. The van der Waals surface area contributed by atoms with Crippen molar-refractivity contribution in [3.8, 4) is 0 Å². The highest BCUT2D eigenvalue weighted by Gasteiger charge is 2.17. The molecule has 2 heterocycles. The Morgan fingerprint density at radius 1 is 1.38 bits per heavy atom. The molecule has 2 aromatic rings. The Bertz CT molecular complexity index is 714. The van der Waals surface area contributed by atoms with Gasteiger partial charge in [0.25, 0.3) is 0 Å². The normalized spacial score (nSPS) is 13.4. The smallest absolute Gasteiger partial charge is 0.194 e. The molecular weight excluding hydrogens is 483 g/mol. The van der Waals surface area contributed by atoms with Crippen LogP contribution in [0.15, 0.2) is 33.7 Å². The highest BCUT2D eigenvalue weighted by Crippen LogP contribution is 2.17. The summed E-state index contributed by atoms with van der Waals surface area (Å²) < 4.78 is 3.31. The lowest BCUT2D eigenvalue weighted by molar-refractivity contribution is 0.473. The average Bonchev–Trinajstić information content (AvgIpc) is 3.14. The third-order valence-corrected chi connectivity index (χ3v) is 4.80. The van der Waals surface area contributed by atoms with Gasteiger partial charge in [-0.3, -0.25) is 4.99 Å². The van der Waals surface area contributed by atoms with Crippen molar-refractivity contribution in [2.45, 2.75) is 32.5 Å². The number of guanidine groups is 1. The minimum absolute atomic E-state index is 0. The Morgan fingerprint density at radius 3 is 2.92 bits per heavy atom. The van der Waals surface area contributed by atoms with Crippen LogP contribution in [0.5, 0.6) is 0 Å². The van der Waals surface area contributed by atoms with E-state index in [1.54, 1.807) is 7.05 Å². The number of aliphatic imine (C=N–C) groups is 1. The maximum Gasteiger partial charge on any atom is 0.194 e. The molecule has 1 N–H and O–H groups in total. The molecule has 0 amide bonds. The topological polar surface area (TPSA) is 58.3 Å². The van der Waals surface area contributed by atoms with Gasteiger partial charge in [0, 0.05) is 38.1 Å². The van der Waals surface area contributed by atoms with Crippen molar-refractivity contribution in [2.24, 2.45) is 4.99 Å². The standard InChI is InChI=1S/C16H21BrN6.HI/c1-18-16(22(2)11-12-6-3-4-7-13(12)17)19-10-15-21-20-14-8-5-9-23(14)15;/h3-4,6-7H,5,8-11H2,1-2H3,(H,18,19);1H. The number of rotatable bonds is 4. The summed E-state index contributed by atoms with van der Waals surface area (Å²) in [6.07, 6.45) is 2.19. The average molecular weight is 505 g/mol. The second-order valence-electron chi connectivity index (χ2n) is 5.64. The summed E-state index contributed by atoms with van der Waals surface area (Å²) in [5, 5.41) is 11.9. The molecule has 8 heteroatoms. The van der Waals surface area contributed by atoms with Crippen LogP contribution in [0, 0.1) is 0 Å². The lowest BCUT2D eigenvalue weighted by Crippen LogP contribution is -2.38. The summed E-state index contributed by atoms with van der Waals surface area (Å²) in [7, 11) is 3.83. The van der Waals surface area contributed by atoms with Gasteiger partial charge in [0.15, 0.2) is 11.8 Å². The molecule has 1 aromatic carbocycles. The van der Waals surface area contributed by atoms with E-state index in [9.17, 15) is 0 Å². The van der Waals surface area contributed by atoms with E-state index in [1.807, 2.05) is 19.2 Å². The van der Waals surface area contributed by atoms with Gasteiger partial charge in [-0.1, -0.05) is 34.1 Å². The number of nitrogens with one attached hydrogen (secondary N) is 1. The Kier molecular flexibility index (Phi) is 7.02. The lowest BCUT2D eigenvalue weighted by Gasteiger charge is -2.22. The number of hydrogen-bond acceptors (Lipinski definition) is 3. The predicted molar refractivity (Wildman–Crippen MR) is 110 cm³/mol. The number of aryl methyl sites for hydroxylation is 1. The molecule has 3 rings (SSSR count). The summed E-state index contributed by atoms with van der Waals surface area (Å²) in [5.74, 6) is 2.92. The molecule has 0 spiro atoms. The molecule has 0 saturated carbocycles. The van der Waals surface area contributed by atoms with Gasteiger partial charge in [-0.25, -0.2) is 0 Å². The molecule has 1 aromatic heterocycles. The Labute approximate surface area is 167 Å². The molecule has 0 radical (unpaired) electrons. The summed E-state index contributed by atoms with van der Waals surface area (Å²) in [6.45, 7) is 2.43. The van der Waals surface area contributed by atoms with Crippen molar-refractivity contribution in [1.82, 2.24) is 25.0 Å². The Morgan fingerprint density at radius 2 is 2.17 bits per heavy atom. The first-order chi connectivity index (χ1) is 11.2. The molecule has 1 aliphatic heterocycles. The molecule has 0 fully saturated rings. The van der Waals surface area contributed by atoms with Crippen molar-refractivity contribution < 1.29 is 0 Å². The predicted octanol–water partition coefficient (Wildman–Crippen LogP) is 2.81. The van der Waals surface area contributed by atoms with Crippen LogP contribution in [0.25, 0.3) is 0 Å². The van der Waals surface area contributed by atoms with Gasteiger partial charge in [0.05, 0.1) is 6.54 Å². The van der Waals surface area contributed by atoms with E-state index in [0.717, 1.165) is 48.0 Å². The van der Waals surface area contributed by atoms with Crippen LogP contribution in [0.4, 0.5) is 0 Å². The van der Waals surface area contributed by atoms with Crippen LogP contribution < -0.4 is 5.32 Å². The largest absolute Gasteiger partial charge is 0.349 e. The molecule has 0 saturated heterocycles. The Balaban J connectivity index is 0.00000208. The van der Waals surface area contributed by atoms with Gasteiger partial charge < -0.3 is 14.8 Å². The monoisotopic (exact) mass is 504 g/mol. The first-order valence-corrected chi connectivity index (χ1v) is 8.54. The Hall–Kier alpha value is -1.16. The van der Waals surface area contributed by atoms with Crippen LogP contribution in [0.1, 0.15) is 23.6 Å². The van der Waals surface area contributed by atoms with E-state index >= 15 is 0 Å². The molecule has 0 atom stereocenters. The lowest BCUT2D eigenvalue weighted by atomic mass is 10.2. The van der Waals surface area contributed by atoms with Crippen molar-refractivity contribution in [3.05, 3.63) is 46.0 Å². The molecule has 0 bridgehead atoms. The summed E-state index contributed by atoms with van der Waals surface area (Å²) in [4.78, 5) is 6.46. The van der Waals surface area contributed by atoms with E-state index in [-0.39, 0.29) is 24.0 Å². The van der Waals surface area contributed by atoms with E-state index in [4.69, 9.17) is 0 Å². The van der Waals surface area contributed by atoms with Crippen LogP contribution in [0.3, 0.4) is 0 Å². The zero-order valence-corrected chi connectivity index (χ0v) is 17.8. The highest BCUT2D eigenvalue weighted by molar-refractivity contribution is 14.0. The minimum atomic E-state index is 0. The summed E-state index contributed by atoms with van der Waals surface area (Å²) in [5.41, 5.74) is 1.22. The third kappa shape index (κ3) is 4.27. The zero-order valence-electron chi connectivity index (χ0n) is 13.9. The van der Waals surface area contributed by atoms with Gasteiger partial charge in [-0.05, 0) is 18.1 Å². The SMILES string of the molecule is CN=C(NCc1nnc2n1CCC2)N(C)Cc1ccccc1Br.I. The number of benzene rings is 1. The van der Waals surface area contributed by atoms with Crippen LogP contribution in [-0.4, -0.2) is 39.7 Å². The third-order valence-electron chi connectivity index (χ3n) is 4.03.